The average molecular weight is 130 g/mol. The summed E-state index contributed by atoms with van der Waals surface area (Å²) in [6.45, 7) is 8.40. The van der Waals surface area contributed by atoms with Crippen LogP contribution in [0.5, 0.6) is 0 Å². The van der Waals surface area contributed by atoms with E-state index in [1.165, 1.54) is 0 Å². The Morgan fingerprint density at radius 3 is 1.78 bits per heavy atom. The summed E-state index contributed by atoms with van der Waals surface area (Å²) in [7, 11) is 0. The predicted octanol–water partition coefficient (Wildman–Crippen LogP) is 2.05. The Morgan fingerprint density at radius 1 is 1.22 bits per heavy atom. The van der Waals surface area contributed by atoms with E-state index in [1.54, 1.807) is 0 Å². The monoisotopic (exact) mass is 130 g/mol. The second-order valence-corrected chi connectivity index (χ2v) is 3.08. The minimum Gasteiger partial charge on any atom is -0.393 e. The minimum atomic E-state index is -0.106. The molecular weight excluding hydrogens is 112 g/mol. The molecule has 0 spiro atoms. The van der Waals surface area contributed by atoms with Gasteiger partial charge in [-0.3, -0.25) is 0 Å². The van der Waals surface area contributed by atoms with E-state index >= 15 is 0 Å². The zero-order valence-electron chi connectivity index (χ0n) is 6.89. The van der Waals surface area contributed by atoms with Crippen molar-refractivity contribution >= 4 is 0 Å². The molecule has 0 rings (SSSR count). The highest BCUT2D eigenvalue weighted by Gasteiger charge is 2.14. The maximum atomic E-state index is 9.30. The van der Waals surface area contributed by atoms with E-state index in [0.29, 0.717) is 11.8 Å². The topological polar surface area (TPSA) is 20.2 Å². The summed E-state index contributed by atoms with van der Waals surface area (Å²) in [4.78, 5) is 0. The molecule has 0 fully saturated rings. The van der Waals surface area contributed by atoms with Crippen LogP contribution in [0.2, 0.25) is 0 Å². The van der Waals surface area contributed by atoms with Crippen molar-refractivity contribution in [1.29, 1.82) is 0 Å². The zero-order valence-corrected chi connectivity index (χ0v) is 6.89. The molecular formula is C8H18O. The molecule has 0 saturated heterocycles. The summed E-state index contributed by atoms with van der Waals surface area (Å²) in [5.74, 6) is 1.04. The third kappa shape index (κ3) is 2.85. The van der Waals surface area contributed by atoms with Crippen molar-refractivity contribution in [2.45, 2.75) is 40.2 Å². The molecule has 0 bridgehead atoms. The number of aliphatic hydroxyl groups is 1. The molecule has 0 aliphatic carbocycles. The fourth-order valence-corrected chi connectivity index (χ4v) is 0.816. The van der Waals surface area contributed by atoms with Gasteiger partial charge < -0.3 is 5.11 Å². The summed E-state index contributed by atoms with van der Waals surface area (Å²) in [5, 5.41) is 9.30. The van der Waals surface area contributed by atoms with Crippen LogP contribution in [0.4, 0.5) is 0 Å². The van der Waals surface area contributed by atoms with E-state index in [9.17, 15) is 5.11 Å². The Hall–Kier alpha value is -0.0400. The van der Waals surface area contributed by atoms with Gasteiger partial charge in [0.05, 0.1) is 6.10 Å². The quantitative estimate of drug-likeness (QED) is 0.620. The largest absolute Gasteiger partial charge is 0.393 e. The van der Waals surface area contributed by atoms with Crippen LogP contribution >= 0.6 is 0 Å². The molecule has 0 aliphatic heterocycles. The van der Waals surface area contributed by atoms with Gasteiger partial charge in [0.1, 0.15) is 0 Å². The fourth-order valence-electron chi connectivity index (χ4n) is 0.816. The van der Waals surface area contributed by atoms with Gasteiger partial charge in [0.2, 0.25) is 0 Å². The average Bonchev–Trinajstić information content (AvgIpc) is 1.84. The number of hydrogen-bond acceptors (Lipinski definition) is 1. The van der Waals surface area contributed by atoms with Crippen molar-refractivity contribution in [3.8, 4) is 0 Å². The Morgan fingerprint density at radius 2 is 1.67 bits per heavy atom. The molecule has 0 aliphatic rings. The molecule has 56 valence electrons. The van der Waals surface area contributed by atoms with E-state index in [1.807, 2.05) is 6.92 Å². The number of hydrogen-bond donors (Lipinski definition) is 1. The molecule has 0 aromatic heterocycles. The molecule has 1 heteroatoms. The van der Waals surface area contributed by atoms with Gasteiger partial charge in [-0.1, -0.05) is 27.7 Å². The van der Waals surface area contributed by atoms with Gasteiger partial charge in [0, 0.05) is 0 Å². The number of aliphatic hydroxyl groups excluding tert-OH is 1. The van der Waals surface area contributed by atoms with Crippen molar-refractivity contribution < 1.29 is 5.11 Å². The van der Waals surface area contributed by atoms with Gasteiger partial charge >= 0.3 is 0 Å². The van der Waals surface area contributed by atoms with Gasteiger partial charge in [0.15, 0.2) is 0 Å². The van der Waals surface area contributed by atoms with E-state index in [2.05, 4.69) is 20.8 Å². The fraction of sp³-hybridized carbons (Fsp3) is 1.00. The van der Waals surface area contributed by atoms with Crippen LogP contribution < -0.4 is 0 Å². The van der Waals surface area contributed by atoms with Crippen LogP contribution in [0.15, 0.2) is 0 Å². The highest BCUT2D eigenvalue weighted by Crippen LogP contribution is 2.15. The van der Waals surface area contributed by atoms with E-state index in [0.717, 1.165) is 6.42 Å². The third-order valence-corrected chi connectivity index (χ3v) is 2.08. The summed E-state index contributed by atoms with van der Waals surface area (Å²) >= 11 is 0. The second-order valence-electron chi connectivity index (χ2n) is 3.08. The first-order valence-electron chi connectivity index (χ1n) is 3.77. The molecule has 1 N–H and O–H groups in total. The molecule has 0 saturated carbocycles. The standard InChI is InChI=1S/C8H18O/c1-5-8(9)7(4)6(2)3/h6-9H,5H2,1-4H3/t7?,8-/m0/s1. The van der Waals surface area contributed by atoms with Crippen LogP contribution in [-0.2, 0) is 0 Å². The van der Waals surface area contributed by atoms with Gasteiger partial charge in [-0.15, -0.1) is 0 Å². The molecule has 9 heavy (non-hydrogen) atoms. The van der Waals surface area contributed by atoms with Crippen LogP contribution in [0.25, 0.3) is 0 Å². The van der Waals surface area contributed by atoms with Gasteiger partial charge in [-0.05, 0) is 18.3 Å². The molecule has 0 amide bonds. The highest BCUT2D eigenvalue weighted by molar-refractivity contribution is 4.64. The molecule has 2 atom stereocenters. The molecule has 0 radical (unpaired) electrons. The molecule has 0 aromatic carbocycles. The van der Waals surface area contributed by atoms with E-state index < -0.39 is 0 Å². The van der Waals surface area contributed by atoms with Gasteiger partial charge in [0.25, 0.3) is 0 Å². The first-order valence-corrected chi connectivity index (χ1v) is 3.77. The lowest BCUT2D eigenvalue weighted by atomic mass is 9.91. The predicted molar refractivity (Wildman–Crippen MR) is 40.3 cm³/mol. The Labute approximate surface area is 58.1 Å². The Kier molecular flexibility index (Phi) is 3.87. The Bertz CT molecular complexity index is 69.0. The van der Waals surface area contributed by atoms with Crippen LogP contribution in [0.3, 0.4) is 0 Å². The summed E-state index contributed by atoms with van der Waals surface area (Å²) in [5.41, 5.74) is 0. The first-order chi connectivity index (χ1) is 4.09. The second kappa shape index (κ2) is 3.89. The minimum absolute atomic E-state index is 0.106. The zero-order chi connectivity index (χ0) is 7.44. The molecule has 1 unspecified atom stereocenters. The lowest BCUT2D eigenvalue weighted by Crippen LogP contribution is -2.20. The van der Waals surface area contributed by atoms with Crippen molar-refractivity contribution in [3.05, 3.63) is 0 Å². The lowest BCUT2D eigenvalue weighted by Gasteiger charge is -2.20. The van der Waals surface area contributed by atoms with Crippen LogP contribution in [0.1, 0.15) is 34.1 Å². The maximum Gasteiger partial charge on any atom is 0.0565 e. The van der Waals surface area contributed by atoms with Gasteiger partial charge in [-0.25, -0.2) is 0 Å². The van der Waals surface area contributed by atoms with E-state index in [-0.39, 0.29) is 6.10 Å². The van der Waals surface area contributed by atoms with Gasteiger partial charge in [-0.2, -0.15) is 0 Å². The van der Waals surface area contributed by atoms with Crippen molar-refractivity contribution in [3.63, 3.8) is 0 Å². The lowest BCUT2D eigenvalue weighted by molar-refractivity contribution is 0.0884. The summed E-state index contributed by atoms with van der Waals surface area (Å²) in [6.07, 6.45) is 0.768. The SMILES string of the molecule is CC[C@H](O)C(C)C(C)C. The molecule has 1 nitrogen and oxygen atoms in total. The third-order valence-electron chi connectivity index (χ3n) is 2.08. The smallest absolute Gasteiger partial charge is 0.0565 e. The number of rotatable bonds is 3. The van der Waals surface area contributed by atoms with E-state index in [4.69, 9.17) is 0 Å². The van der Waals surface area contributed by atoms with Crippen LogP contribution in [-0.4, -0.2) is 11.2 Å². The molecule has 0 heterocycles. The highest BCUT2D eigenvalue weighted by atomic mass is 16.3. The van der Waals surface area contributed by atoms with Crippen molar-refractivity contribution in [2.24, 2.45) is 11.8 Å². The maximum absolute atomic E-state index is 9.30. The summed E-state index contributed by atoms with van der Waals surface area (Å²) in [6, 6.07) is 0. The first kappa shape index (κ1) is 8.96. The van der Waals surface area contributed by atoms with Crippen molar-refractivity contribution in [1.82, 2.24) is 0 Å². The molecule has 0 aromatic rings. The normalized spacial score (nSPS) is 18.0. The summed E-state index contributed by atoms with van der Waals surface area (Å²) < 4.78 is 0. The van der Waals surface area contributed by atoms with Crippen LogP contribution in [0, 0.1) is 11.8 Å². The van der Waals surface area contributed by atoms with Crippen molar-refractivity contribution in [2.75, 3.05) is 0 Å². The Balaban J connectivity index is 3.58.